The zero-order chi connectivity index (χ0) is 13.6. The second-order valence-electron chi connectivity index (χ2n) is 5.00. The van der Waals surface area contributed by atoms with Crippen molar-refractivity contribution in [3.63, 3.8) is 0 Å². The summed E-state index contributed by atoms with van der Waals surface area (Å²) in [7, 11) is 1.59. The Morgan fingerprint density at radius 1 is 1.33 bits per heavy atom. The van der Waals surface area contributed by atoms with Crippen LogP contribution in [0.15, 0.2) is 0 Å². The fourth-order valence-electron chi connectivity index (χ4n) is 2.92. The maximum Gasteiger partial charge on any atom is 0.392 e. The van der Waals surface area contributed by atoms with Gasteiger partial charge in [-0.2, -0.15) is 13.2 Å². The molecule has 0 amide bonds. The summed E-state index contributed by atoms with van der Waals surface area (Å²) in [6.07, 6.45) is -0.395. The van der Waals surface area contributed by atoms with Gasteiger partial charge in [0.15, 0.2) is 0 Å². The molecule has 0 bridgehead atoms. The average molecular weight is 268 g/mol. The Bertz CT molecular complexity index is 236. The molecule has 3 atom stereocenters. The van der Waals surface area contributed by atoms with E-state index in [2.05, 4.69) is 5.43 Å². The molecule has 0 spiro atoms. The minimum absolute atomic E-state index is 0.233. The van der Waals surface area contributed by atoms with Gasteiger partial charge < -0.3 is 4.74 Å². The second-order valence-corrected chi connectivity index (χ2v) is 5.00. The van der Waals surface area contributed by atoms with Gasteiger partial charge in [0.1, 0.15) is 0 Å². The van der Waals surface area contributed by atoms with Crippen molar-refractivity contribution in [2.75, 3.05) is 13.7 Å². The molecule has 0 aromatic carbocycles. The van der Waals surface area contributed by atoms with Gasteiger partial charge in [0, 0.05) is 19.8 Å². The minimum Gasteiger partial charge on any atom is -0.385 e. The molecule has 0 radical (unpaired) electrons. The molecule has 1 aliphatic carbocycles. The summed E-state index contributed by atoms with van der Waals surface area (Å²) < 4.78 is 43.9. The van der Waals surface area contributed by atoms with Gasteiger partial charge in [0.05, 0.1) is 5.92 Å². The van der Waals surface area contributed by atoms with Gasteiger partial charge in [-0.25, -0.2) is 0 Å². The highest BCUT2D eigenvalue weighted by atomic mass is 19.4. The number of hydrogen-bond acceptors (Lipinski definition) is 3. The maximum atomic E-state index is 13.0. The second kappa shape index (κ2) is 7.31. The van der Waals surface area contributed by atoms with Crippen molar-refractivity contribution in [3.05, 3.63) is 0 Å². The monoisotopic (exact) mass is 268 g/mol. The molecule has 18 heavy (non-hydrogen) atoms. The molecule has 0 aliphatic heterocycles. The first kappa shape index (κ1) is 15.7. The van der Waals surface area contributed by atoms with E-state index in [1.165, 1.54) is 0 Å². The van der Waals surface area contributed by atoms with E-state index in [1.54, 1.807) is 7.11 Å². The third-order valence-corrected chi connectivity index (χ3v) is 3.83. The summed E-state index contributed by atoms with van der Waals surface area (Å²) in [6, 6.07) is -0.271. The van der Waals surface area contributed by atoms with Crippen LogP contribution in [0.5, 0.6) is 0 Å². The van der Waals surface area contributed by atoms with Gasteiger partial charge in [-0.1, -0.05) is 12.8 Å². The van der Waals surface area contributed by atoms with Crippen LogP contribution >= 0.6 is 0 Å². The smallest absolute Gasteiger partial charge is 0.385 e. The van der Waals surface area contributed by atoms with Crippen LogP contribution in [0.25, 0.3) is 0 Å². The molecule has 3 N–H and O–H groups in total. The van der Waals surface area contributed by atoms with Gasteiger partial charge in [-0.15, -0.1) is 0 Å². The van der Waals surface area contributed by atoms with Crippen LogP contribution in [0.3, 0.4) is 0 Å². The third kappa shape index (κ3) is 4.40. The van der Waals surface area contributed by atoms with Crippen molar-refractivity contribution < 1.29 is 17.9 Å². The van der Waals surface area contributed by atoms with Crippen LogP contribution in [0.2, 0.25) is 0 Å². The van der Waals surface area contributed by atoms with Gasteiger partial charge in [-0.05, 0) is 31.6 Å². The Hall–Kier alpha value is -0.330. The molecule has 0 saturated heterocycles. The molecule has 3 nitrogen and oxygen atoms in total. The van der Waals surface area contributed by atoms with Crippen molar-refractivity contribution in [1.82, 2.24) is 5.43 Å². The van der Waals surface area contributed by atoms with Crippen molar-refractivity contribution >= 4 is 0 Å². The quantitative estimate of drug-likeness (QED) is 0.442. The first-order chi connectivity index (χ1) is 8.50. The first-order valence-electron chi connectivity index (χ1n) is 6.52. The van der Waals surface area contributed by atoms with E-state index in [9.17, 15) is 13.2 Å². The molecule has 1 rings (SSSR count). The van der Waals surface area contributed by atoms with Gasteiger partial charge in [0.25, 0.3) is 0 Å². The number of nitrogens with one attached hydrogen (secondary N) is 1. The van der Waals surface area contributed by atoms with Crippen molar-refractivity contribution in [2.24, 2.45) is 17.7 Å². The van der Waals surface area contributed by atoms with Crippen LogP contribution in [0, 0.1) is 11.8 Å². The standard InChI is InChI=1S/C12H23F3N2O/c1-18-8-4-7-11(17-16)9-5-2-3-6-10(9)12(13,14)15/h9-11,17H,2-8,16H2,1H3. The van der Waals surface area contributed by atoms with Crippen molar-refractivity contribution in [1.29, 1.82) is 0 Å². The summed E-state index contributed by atoms with van der Waals surface area (Å²) in [5.74, 6) is 3.82. The maximum absolute atomic E-state index is 13.0. The van der Waals surface area contributed by atoms with E-state index >= 15 is 0 Å². The van der Waals surface area contributed by atoms with Crippen molar-refractivity contribution in [2.45, 2.75) is 50.7 Å². The first-order valence-corrected chi connectivity index (χ1v) is 6.52. The van der Waals surface area contributed by atoms with E-state index in [0.717, 1.165) is 12.8 Å². The van der Waals surface area contributed by atoms with Crippen molar-refractivity contribution in [3.8, 4) is 0 Å². The van der Waals surface area contributed by atoms with Gasteiger partial charge in [-0.3, -0.25) is 11.3 Å². The highest BCUT2D eigenvalue weighted by molar-refractivity contribution is 4.87. The highest BCUT2D eigenvalue weighted by Crippen LogP contribution is 2.43. The Morgan fingerprint density at radius 3 is 2.56 bits per heavy atom. The number of nitrogens with two attached hydrogens (primary N) is 1. The fourth-order valence-corrected chi connectivity index (χ4v) is 2.92. The van der Waals surface area contributed by atoms with E-state index in [-0.39, 0.29) is 12.5 Å². The lowest BCUT2D eigenvalue weighted by Crippen LogP contribution is -2.48. The molecule has 1 saturated carbocycles. The number of ether oxygens (including phenoxy) is 1. The minimum atomic E-state index is -4.11. The molecule has 108 valence electrons. The molecule has 6 heteroatoms. The van der Waals surface area contributed by atoms with Crippen LogP contribution < -0.4 is 11.3 Å². The average Bonchev–Trinajstić information content (AvgIpc) is 2.34. The number of rotatable bonds is 6. The Balaban J connectivity index is 2.62. The molecule has 3 unspecified atom stereocenters. The SMILES string of the molecule is COCCCC(NN)C1CCCCC1C(F)(F)F. The van der Waals surface area contributed by atoms with Crippen LogP contribution in [0.1, 0.15) is 38.5 Å². The summed E-state index contributed by atoms with van der Waals surface area (Å²) in [4.78, 5) is 0. The Morgan fingerprint density at radius 2 is 2.00 bits per heavy atom. The molecule has 1 fully saturated rings. The molecule has 0 aromatic rings. The molecular weight excluding hydrogens is 245 g/mol. The predicted molar refractivity (Wildman–Crippen MR) is 63.7 cm³/mol. The molecule has 1 aliphatic rings. The number of alkyl halides is 3. The van der Waals surface area contributed by atoms with E-state index in [4.69, 9.17) is 10.6 Å². The lowest BCUT2D eigenvalue weighted by Gasteiger charge is -2.37. The third-order valence-electron chi connectivity index (χ3n) is 3.83. The number of hydrogen-bond donors (Lipinski definition) is 2. The van der Waals surface area contributed by atoms with Crippen LogP contribution in [0.4, 0.5) is 13.2 Å². The van der Waals surface area contributed by atoms with E-state index in [0.29, 0.717) is 25.9 Å². The summed E-state index contributed by atoms with van der Waals surface area (Å²) in [5.41, 5.74) is 2.58. The largest absolute Gasteiger partial charge is 0.392 e. The Kier molecular flexibility index (Phi) is 6.38. The van der Waals surface area contributed by atoms with Gasteiger partial charge >= 0.3 is 6.18 Å². The lowest BCUT2D eigenvalue weighted by atomic mass is 9.74. The Labute approximate surface area is 106 Å². The van der Waals surface area contributed by atoms with E-state index in [1.807, 2.05) is 0 Å². The normalized spacial score (nSPS) is 27.2. The molecular formula is C12H23F3N2O. The zero-order valence-electron chi connectivity index (χ0n) is 10.8. The van der Waals surface area contributed by atoms with E-state index < -0.39 is 18.0 Å². The molecule has 0 heterocycles. The van der Waals surface area contributed by atoms with Crippen LogP contribution in [-0.2, 0) is 4.74 Å². The molecule has 0 aromatic heterocycles. The summed E-state index contributed by atoms with van der Waals surface area (Å²) in [6.45, 7) is 0.557. The summed E-state index contributed by atoms with van der Waals surface area (Å²) >= 11 is 0. The summed E-state index contributed by atoms with van der Waals surface area (Å²) in [5, 5.41) is 0. The highest BCUT2D eigenvalue weighted by Gasteiger charge is 2.47. The van der Waals surface area contributed by atoms with Crippen LogP contribution in [-0.4, -0.2) is 25.9 Å². The van der Waals surface area contributed by atoms with Gasteiger partial charge in [0.2, 0.25) is 0 Å². The number of hydrazine groups is 1. The zero-order valence-corrected chi connectivity index (χ0v) is 10.8. The number of halogens is 3. The number of methoxy groups -OCH3 is 1. The lowest BCUT2D eigenvalue weighted by molar-refractivity contribution is -0.199. The fraction of sp³-hybridized carbons (Fsp3) is 1.00. The predicted octanol–water partition coefficient (Wildman–Crippen LogP) is 2.61. The topological polar surface area (TPSA) is 47.3 Å².